The molecule has 0 bridgehead atoms. The molecule has 12 heteroatoms. The van der Waals surface area contributed by atoms with Crippen LogP contribution in [0, 0.1) is 0 Å². The van der Waals surface area contributed by atoms with Gasteiger partial charge in [0.1, 0.15) is 0 Å². The van der Waals surface area contributed by atoms with E-state index in [0.29, 0.717) is 18.7 Å². The molecule has 3 fully saturated rings. The van der Waals surface area contributed by atoms with Crippen LogP contribution in [0.15, 0.2) is 29.3 Å². The van der Waals surface area contributed by atoms with Gasteiger partial charge in [0.05, 0.1) is 41.0 Å². The summed E-state index contributed by atoms with van der Waals surface area (Å²) in [6, 6.07) is 0.791. The Bertz CT molecular complexity index is 1010. The lowest BCUT2D eigenvalue weighted by Crippen LogP contribution is -2.41. The van der Waals surface area contributed by atoms with Crippen LogP contribution >= 0.6 is 15.9 Å². The summed E-state index contributed by atoms with van der Waals surface area (Å²) in [5.41, 5.74) is 0.152. The van der Waals surface area contributed by atoms with Gasteiger partial charge in [0.2, 0.25) is 11.9 Å². The highest BCUT2D eigenvalue weighted by Crippen LogP contribution is 2.36. The van der Waals surface area contributed by atoms with Crippen molar-refractivity contribution in [1.29, 1.82) is 0 Å². The van der Waals surface area contributed by atoms with E-state index >= 15 is 0 Å². The third kappa shape index (κ3) is 6.64. The molecule has 208 valence electrons. The summed E-state index contributed by atoms with van der Waals surface area (Å²) in [6.07, 6.45) is 11.8. The lowest BCUT2D eigenvalue weighted by molar-refractivity contribution is 0.00578. The molecule has 10 nitrogen and oxygen atoms in total. The van der Waals surface area contributed by atoms with Crippen LogP contribution in [0.25, 0.3) is 0 Å². The van der Waals surface area contributed by atoms with Crippen molar-refractivity contribution in [2.75, 3.05) is 50.3 Å². The minimum Gasteiger partial charge on any atom is -0.399 e. The van der Waals surface area contributed by atoms with Gasteiger partial charge in [-0.2, -0.15) is 0 Å². The Morgan fingerprint density at radius 3 is 1.66 bits per heavy atom. The lowest BCUT2D eigenvalue weighted by atomic mass is 9.81. The first-order chi connectivity index (χ1) is 18.1. The topological polar surface area (TPSA) is 95.0 Å². The summed E-state index contributed by atoms with van der Waals surface area (Å²) >= 11 is 3.33. The number of ether oxygens (including phenoxy) is 2. The van der Waals surface area contributed by atoms with E-state index in [9.17, 15) is 0 Å². The highest BCUT2D eigenvalue weighted by Gasteiger charge is 2.52. The third-order valence-electron chi connectivity index (χ3n) is 7.78. The summed E-state index contributed by atoms with van der Waals surface area (Å²) in [6.45, 7) is 11.6. The van der Waals surface area contributed by atoms with E-state index in [1.54, 1.807) is 26.6 Å². The van der Waals surface area contributed by atoms with Gasteiger partial charge in [-0.25, -0.2) is 19.9 Å². The normalized spacial score (nSPS) is 24.0. The summed E-state index contributed by atoms with van der Waals surface area (Å²) in [5.74, 6) is 1.56. The molecule has 2 atom stereocenters. The molecule has 0 radical (unpaired) electrons. The fourth-order valence-corrected chi connectivity index (χ4v) is 5.17. The molecule has 2 aromatic rings. The molecule has 0 aliphatic carbocycles. The molecule has 0 amide bonds. The number of halogens is 1. The number of hydrogen-bond acceptors (Lipinski definition) is 10. The van der Waals surface area contributed by atoms with Gasteiger partial charge < -0.3 is 28.6 Å². The second-order valence-corrected chi connectivity index (χ2v) is 11.9. The summed E-state index contributed by atoms with van der Waals surface area (Å²) < 4.78 is 23.5. The van der Waals surface area contributed by atoms with Crippen molar-refractivity contribution in [2.45, 2.75) is 76.7 Å². The zero-order valence-electron chi connectivity index (χ0n) is 23.4. The largest absolute Gasteiger partial charge is 0.498 e. The number of anilines is 2. The molecule has 0 spiro atoms. The maximum absolute atomic E-state index is 6.04. The summed E-state index contributed by atoms with van der Waals surface area (Å²) in [7, 11) is 3.06. The predicted octanol–water partition coefficient (Wildman–Crippen LogP) is 3.25. The maximum Gasteiger partial charge on any atom is 0.498 e. The van der Waals surface area contributed by atoms with E-state index in [1.807, 2.05) is 40.1 Å². The van der Waals surface area contributed by atoms with Gasteiger partial charge in [-0.05, 0) is 69.3 Å². The van der Waals surface area contributed by atoms with E-state index < -0.39 is 7.12 Å². The Morgan fingerprint density at radius 1 is 0.816 bits per heavy atom. The van der Waals surface area contributed by atoms with Gasteiger partial charge in [0.25, 0.3) is 0 Å². The van der Waals surface area contributed by atoms with Gasteiger partial charge in [0.15, 0.2) is 0 Å². The molecule has 0 saturated carbocycles. The molecule has 5 heterocycles. The Hall–Kier alpha value is -1.86. The van der Waals surface area contributed by atoms with Crippen molar-refractivity contribution in [1.82, 2.24) is 19.9 Å². The molecule has 38 heavy (non-hydrogen) atoms. The lowest BCUT2D eigenvalue weighted by Gasteiger charge is -2.32. The second kappa shape index (κ2) is 12.5. The van der Waals surface area contributed by atoms with Crippen molar-refractivity contribution in [2.24, 2.45) is 0 Å². The van der Waals surface area contributed by atoms with Crippen LogP contribution in [0.4, 0.5) is 11.9 Å². The Balaban J connectivity index is 0.000000194. The molecular weight excluding hydrogens is 551 g/mol. The molecule has 5 rings (SSSR count). The standard InChI is InChI=1S/C16H26BN3O3.C10H14BrN3O/c1-15(2)16(3,4)23-17(22-15)12-9-18-14(19-10-12)20-8-6-7-13(20)11-21-5;1-15-7-9-3-2-4-14(9)10-12-5-8(11)6-13-10/h9-10,13H,6-8,11H2,1-5H3;5-6,9H,2-4,7H2,1H3/t13-;9-/m11/s1. The van der Waals surface area contributed by atoms with Crippen molar-refractivity contribution in [3.63, 3.8) is 0 Å². The van der Waals surface area contributed by atoms with E-state index in [-0.39, 0.29) is 11.2 Å². The van der Waals surface area contributed by atoms with Gasteiger partial charge in [-0.15, -0.1) is 0 Å². The third-order valence-corrected chi connectivity index (χ3v) is 8.19. The summed E-state index contributed by atoms with van der Waals surface area (Å²) in [5, 5.41) is 0. The zero-order valence-corrected chi connectivity index (χ0v) is 25.0. The SMILES string of the molecule is COC[C@H]1CCCN1c1ncc(B2OC(C)(C)C(C)(C)O2)cn1.COC[C@H]1CCCN1c1ncc(Br)cn1. The van der Waals surface area contributed by atoms with E-state index in [1.165, 1.54) is 6.42 Å². The van der Waals surface area contributed by atoms with E-state index in [2.05, 4.69) is 45.7 Å². The first-order valence-corrected chi connectivity index (χ1v) is 14.1. The average molecular weight is 591 g/mol. The maximum atomic E-state index is 6.04. The molecule has 3 saturated heterocycles. The molecule has 0 N–H and O–H groups in total. The van der Waals surface area contributed by atoms with Gasteiger partial charge >= 0.3 is 7.12 Å². The van der Waals surface area contributed by atoms with Crippen LogP contribution in [0.2, 0.25) is 0 Å². The Labute approximate surface area is 235 Å². The predicted molar refractivity (Wildman–Crippen MR) is 152 cm³/mol. The molecule has 2 aromatic heterocycles. The van der Waals surface area contributed by atoms with Gasteiger partial charge in [0, 0.05) is 57.6 Å². The van der Waals surface area contributed by atoms with Crippen molar-refractivity contribution in [3.05, 3.63) is 29.3 Å². The van der Waals surface area contributed by atoms with Gasteiger partial charge in [-0.3, -0.25) is 0 Å². The Kier molecular flexibility index (Phi) is 9.62. The first kappa shape index (κ1) is 29.1. The minimum atomic E-state index is -0.414. The highest BCUT2D eigenvalue weighted by molar-refractivity contribution is 9.10. The fraction of sp³-hybridized carbons (Fsp3) is 0.692. The van der Waals surface area contributed by atoms with Gasteiger partial charge in [-0.1, -0.05) is 0 Å². The number of aromatic nitrogens is 4. The monoisotopic (exact) mass is 590 g/mol. The molecule has 3 aliphatic heterocycles. The van der Waals surface area contributed by atoms with Crippen LogP contribution in [-0.2, 0) is 18.8 Å². The van der Waals surface area contributed by atoms with Crippen molar-refractivity contribution < 1.29 is 18.8 Å². The Morgan fingerprint density at radius 2 is 1.24 bits per heavy atom. The second-order valence-electron chi connectivity index (χ2n) is 11.0. The van der Waals surface area contributed by atoms with E-state index in [0.717, 1.165) is 60.8 Å². The number of hydrogen-bond donors (Lipinski definition) is 0. The quantitative estimate of drug-likeness (QED) is 0.447. The molecular formula is C26H40BBrN6O4. The summed E-state index contributed by atoms with van der Waals surface area (Å²) in [4.78, 5) is 22.1. The molecule has 0 aromatic carbocycles. The number of methoxy groups -OCH3 is 2. The average Bonchev–Trinajstić information content (AvgIpc) is 3.59. The van der Waals surface area contributed by atoms with Crippen LogP contribution in [0.3, 0.4) is 0 Å². The highest BCUT2D eigenvalue weighted by atomic mass is 79.9. The van der Waals surface area contributed by atoms with Crippen LogP contribution < -0.4 is 15.3 Å². The van der Waals surface area contributed by atoms with Crippen molar-refractivity contribution >= 4 is 40.4 Å². The van der Waals surface area contributed by atoms with Crippen molar-refractivity contribution in [3.8, 4) is 0 Å². The molecule has 3 aliphatic rings. The van der Waals surface area contributed by atoms with Crippen LogP contribution in [0.1, 0.15) is 53.4 Å². The number of rotatable bonds is 7. The number of nitrogens with zero attached hydrogens (tertiary/aromatic N) is 6. The van der Waals surface area contributed by atoms with E-state index in [4.69, 9.17) is 18.8 Å². The first-order valence-electron chi connectivity index (χ1n) is 13.3. The van der Waals surface area contributed by atoms with Crippen LogP contribution in [0.5, 0.6) is 0 Å². The van der Waals surface area contributed by atoms with Crippen LogP contribution in [-0.4, -0.2) is 90.9 Å². The zero-order chi connectivity index (χ0) is 27.3. The minimum absolute atomic E-state index is 0.352. The molecule has 0 unspecified atom stereocenters. The smallest absolute Gasteiger partial charge is 0.399 e. The fourth-order valence-electron chi connectivity index (χ4n) is 4.96.